The molecule has 0 fully saturated rings. The van der Waals surface area contributed by atoms with Crippen LogP contribution >= 0.6 is 23.2 Å². The van der Waals surface area contributed by atoms with Gasteiger partial charge in [0.05, 0.1) is 37.5 Å². The van der Waals surface area contributed by atoms with E-state index in [4.69, 9.17) is 42.1 Å². The van der Waals surface area contributed by atoms with Crippen LogP contribution in [0, 0.1) is 0 Å². The fourth-order valence-corrected chi connectivity index (χ4v) is 3.27. The number of methoxy groups -OCH3 is 2. The second kappa shape index (κ2) is 12.3. The molecule has 1 N–H and O–H groups in total. The number of hydrogen-bond donors (Lipinski definition) is 1. The Morgan fingerprint density at radius 2 is 1.55 bits per heavy atom. The van der Waals surface area contributed by atoms with E-state index in [9.17, 15) is 9.59 Å². The van der Waals surface area contributed by atoms with Crippen molar-refractivity contribution in [1.82, 2.24) is 0 Å². The highest BCUT2D eigenvalue weighted by atomic mass is 35.5. The summed E-state index contributed by atoms with van der Waals surface area (Å²) < 4.78 is 21.7. The van der Waals surface area contributed by atoms with Gasteiger partial charge in [0.15, 0.2) is 23.0 Å². The summed E-state index contributed by atoms with van der Waals surface area (Å²) in [7, 11) is 2.83. The molecule has 1 amide bonds. The molecule has 0 spiro atoms. The average Bonchev–Trinajstić information content (AvgIpc) is 2.78. The lowest BCUT2D eigenvalue weighted by Crippen LogP contribution is -2.32. The largest absolute Gasteiger partial charge is 0.494 e. The van der Waals surface area contributed by atoms with Crippen LogP contribution in [-0.4, -0.2) is 45.2 Å². The van der Waals surface area contributed by atoms with Gasteiger partial charge in [0.1, 0.15) is 17.2 Å². The average molecular weight is 498 g/mol. The molecule has 2 aromatic rings. The molecule has 0 aliphatic heterocycles. The minimum Gasteiger partial charge on any atom is -0.494 e. The summed E-state index contributed by atoms with van der Waals surface area (Å²) in [5.41, 5.74) is 0.329. The number of azo groups is 1. The number of rotatable bonds is 11. The SMILES string of the molecule is CCOc1ccc(Cl)c(OCC)c1NC(=O)C(N=Nc1c(OC)ccc(Cl)c1OC)C(C)=O. The van der Waals surface area contributed by atoms with Crippen molar-refractivity contribution in [3.8, 4) is 23.0 Å². The van der Waals surface area contributed by atoms with Crippen LogP contribution in [-0.2, 0) is 9.59 Å². The summed E-state index contributed by atoms with van der Waals surface area (Å²) in [5.74, 6) is -0.263. The van der Waals surface area contributed by atoms with E-state index in [1.54, 1.807) is 38.1 Å². The highest BCUT2D eigenvalue weighted by Crippen LogP contribution is 2.43. The highest BCUT2D eigenvalue weighted by Gasteiger charge is 2.27. The first-order valence-electron chi connectivity index (χ1n) is 9.99. The minimum absolute atomic E-state index is 0.138. The molecule has 2 aromatic carbocycles. The van der Waals surface area contributed by atoms with Gasteiger partial charge in [0.2, 0.25) is 6.04 Å². The molecule has 33 heavy (non-hydrogen) atoms. The number of benzene rings is 2. The molecule has 0 aliphatic rings. The van der Waals surface area contributed by atoms with Gasteiger partial charge in [-0.25, -0.2) is 0 Å². The number of amides is 1. The van der Waals surface area contributed by atoms with Crippen LogP contribution in [0.5, 0.6) is 23.0 Å². The van der Waals surface area contributed by atoms with Crippen molar-refractivity contribution in [3.63, 3.8) is 0 Å². The van der Waals surface area contributed by atoms with Gasteiger partial charge in [0, 0.05) is 0 Å². The lowest BCUT2D eigenvalue weighted by Gasteiger charge is -2.18. The van der Waals surface area contributed by atoms with Crippen molar-refractivity contribution in [2.75, 3.05) is 32.8 Å². The summed E-state index contributed by atoms with van der Waals surface area (Å²) in [4.78, 5) is 25.3. The van der Waals surface area contributed by atoms with Gasteiger partial charge < -0.3 is 24.3 Å². The van der Waals surface area contributed by atoms with Crippen LogP contribution in [0.25, 0.3) is 0 Å². The van der Waals surface area contributed by atoms with E-state index in [1.807, 2.05) is 0 Å². The van der Waals surface area contributed by atoms with Gasteiger partial charge in [-0.2, -0.15) is 5.11 Å². The van der Waals surface area contributed by atoms with E-state index in [0.717, 1.165) is 0 Å². The summed E-state index contributed by atoms with van der Waals surface area (Å²) in [6.45, 7) is 5.41. The molecule has 9 nitrogen and oxygen atoms in total. The van der Waals surface area contributed by atoms with Crippen molar-refractivity contribution >= 4 is 46.3 Å². The zero-order chi connectivity index (χ0) is 24.5. The predicted molar refractivity (Wildman–Crippen MR) is 126 cm³/mol. The standard InChI is InChI=1S/C22H25Cl2N3O6/c1-6-32-16-11-9-14(24)21(33-7-2)18(16)25-22(29)17(12(3)28)26-27-19-15(30-4)10-8-13(23)20(19)31-5/h8-11,17H,6-7H2,1-5H3,(H,25,29). The first-order valence-corrected chi connectivity index (χ1v) is 10.7. The fourth-order valence-electron chi connectivity index (χ4n) is 2.83. The quantitative estimate of drug-likeness (QED) is 0.324. The number of carbonyl (C=O) groups excluding carboxylic acids is 2. The van der Waals surface area contributed by atoms with E-state index < -0.39 is 17.7 Å². The summed E-state index contributed by atoms with van der Waals surface area (Å²) >= 11 is 12.4. The lowest BCUT2D eigenvalue weighted by atomic mass is 10.2. The Morgan fingerprint density at radius 1 is 0.939 bits per heavy atom. The normalized spacial score (nSPS) is 11.7. The third-order valence-corrected chi connectivity index (χ3v) is 4.88. The van der Waals surface area contributed by atoms with E-state index in [1.165, 1.54) is 21.1 Å². The Labute approximate surface area is 202 Å². The van der Waals surface area contributed by atoms with Crippen molar-refractivity contribution in [2.45, 2.75) is 26.8 Å². The Morgan fingerprint density at radius 3 is 2.09 bits per heavy atom. The maximum atomic E-state index is 13.0. The zero-order valence-corrected chi connectivity index (χ0v) is 20.4. The first-order chi connectivity index (χ1) is 15.8. The Bertz CT molecular complexity index is 1050. The number of ether oxygens (including phenoxy) is 4. The maximum Gasteiger partial charge on any atom is 0.259 e. The third-order valence-electron chi connectivity index (χ3n) is 4.29. The molecule has 0 radical (unpaired) electrons. The maximum absolute atomic E-state index is 13.0. The van der Waals surface area contributed by atoms with Crippen molar-refractivity contribution in [1.29, 1.82) is 0 Å². The van der Waals surface area contributed by atoms with E-state index >= 15 is 0 Å². The van der Waals surface area contributed by atoms with Gasteiger partial charge >= 0.3 is 0 Å². The molecular formula is C22H25Cl2N3O6. The third kappa shape index (κ3) is 6.27. The number of Topliss-reactive ketones (excluding diaryl/α,β-unsaturated/α-hetero) is 1. The molecule has 1 atom stereocenters. The van der Waals surface area contributed by atoms with E-state index in [-0.39, 0.29) is 32.9 Å². The Balaban J connectivity index is 2.46. The predicted octanol–water partition coefficient (Wildman–Crippen LogP) is 5.49. The van der Waals surface area contributed by atoms with Gasteiger partial charge in [-0.15, -0.1) is 5.11 Å². The Kier molecular flexibility index (Phi) is 9.74. The second-order valence-electron chi connectivity index (χ2n) is 6.47. The smallest absolute Gasteiger partial charge is 0.259 e. The molecule has 0 saturated carbocycles. The first kappa shape index (κ1) is 26.2. The van der Waals surface area contributed by atoms with Crippen LogP contribution in [0.15, 0.2) is 34.5 Å². The molecule has 0 aromatic heterocycles. The van der Waals surface area contributed by atoms with Gasteiger partial charge in [-0.1, -0.05) is 23.2 Å². The number of ketones is 1. The number of anilines is 1. The van der Waals surface area contributed by atoms with Gasteiger partial charge in [-0.05, 0) is 45.0 Å². The van der Waals surface area contributed by atoms with Crippen LogP contribution in [0.1, 0.15) is 20.8 Å². The van der Waals surface area contributed by atoms with E-state index in [2.05, 4.69) is 15.5 Å². The number of hydrogen-bond acceptors (Lipinski definition) is 8. The topological polar surface area (TPSA) is 108 Å². The van der Waals surface area contributed by atoms with Crippen LogP contribution in [0.2, 0.25) is 10.0 Å². The molecule has 178 valence electrons. The van der Waals surface area contributed by atoms with Gasteiger partial charge in [0.25, 0.3) is 5.91 Å². The van der Waals surface area contributed by atoms with Crippen LogP contribution in [0.4, 0.5) is 11.4 Å². The zero-order valence-electron chi connectivity index (χ0n) is 18.9. The minimum atomic E-state index is -1.48. The molecule has 1 unspecified atom stereocenters. The lowest BCUT2D eigenvalue weighted by molar-refractivity contribution is -0.126. The number of nitrogens with one attached hydrogen (secondary N) is 1. The number of carbonyl (C=O) groups is 2. The van der Waals surface area contributed by atoms with Crippen LogP contribution < -0.4 is 24.3 Å². The summed E-state index contributed by atoms with van der Waals surface area (Å²) in [6, 6.07) is 4.83. The molecular weight excluding hydrogens is 473 g/mol. The van der Waals surface area contributed by atoms with Crippen LogP contribution in [0.3, 0.4) is 0 Å². The van der Waals surface area contributed by atoms with Crippen molar-refractivity contribution in [2.24, 2.45) is 10.2 Å². The summed E-state index contributed by atoms with van der Waals surface area (Å²) in [6.07, 6.45) is 0. The highest BCUT2D eigenvalue weighted by molar-refractivity contribution is 6.33. The van der Waals surface area contributed by atoms with E-state index in [0.29, 0.717) is 24.7 Å². The van der Waals surface area contributed by atoms with Crippen molar-refractivity contribution in [3.05, 3.63) is 34.3 Å². The molecule has 0 saturated heterocycles. The Hall–Kier alpha value is -3.04. The van der Waals surface area contributed by atoms with Crippen molar-refractivity contribution < 1.29 is 28.5 Å². The summed E-state index contributed by atoms with van der Waals surface area (Å²) in [5, 5.41) is 11.2. The number of nitrogens with zero attached hydrogens (tertiary/aromatic N) is 2. The molecule has 2 rings (SSSR count). The second-order valence-corrected chi connectivity index (χ2v) is 7.28. The molecule has 0 aliphatic carbocycles. The van der Waals surface area contributed by atoms with Gasteiger partial charge in [-0.3, -0.25) is 9.59 Å². The fraction of sp³-hybridized carbons (Fsp3) is 0.364. The number of halogens is 2. The molecule has 0 heterocycles. The molecule has 0 bridgehead atoms. The monoisotopic (exact) mass is 497 g/mol. The molecule has 11 heteroatoms.